The van der Waals surface area contributed by atoms with Crippen molar-refractivity contribution in [2.75, 3.05) is 18.6 Å². The Labute approximate surface area is 194 Å². The first-order valence-corrected chi connectivity index (χ1v) is 11.2. The van der Waals surface area contributed by atoms with Gasteiger partial charge in [-0.15, -0.1) is 0 Å². The van der Waals surface area contributed by atoms with Gasteiger partial charge in [-0.3, -0.25) is 9.69 Å². The average Bonchev–Trinajstić information content (AvgIpc) is 3.43. The SMILES string of the molecule is COc1ccc(Cl)cc1C(=O)N(CCCn1ccnc1)c1nc2c(C)c(Cl)ccc2s1. The van der Waals surface area contributed by atoms with E-state index in [9.17, 15) is 4.79 Å². The van der Waals surface area contributed by atoms with Gasteiger partial charge in [0.25, 0.3) is 5.91 Å². The monoisotopic (exact) mass is 474 g/mol. The molecule has 6 nitrogen and oxygen atoms in total. The number of ether oxygens (including phenoxy) is 1. The van der Waals surface area contributed by atoms with Crippen molar-refractivity contribution in [1.82, 2.24) is 14.5 Å². The zero-order valence-electron chi connectivity index (χ0n) is 17.0. The number of anilines is 1. The maximum atomic E-state index is 13.6. The number of thiazole rings is 1. The molecule has 0 fully saturated rings. The van der Waals surface area contributed by atoms with Gasteiger partial charge in [-0.1, -0.05) is 34.5 Å². The summed E-state index contributed by atoms with van der Waals surface area (Å²) in [5, 5.41) is 1.73. The van der Waals surface area contributed by atoms with Gasteiger partial charge < -0.3 is 9.30 Å². The van der Waals surface area contributed by atoms with Crippen molar-refractivity contribution < 1.29 is 9.53 Å². The molecule has 0 radical (unpaired) electrons. The van der Waals surface area contributed by atoms with Crippen LogP contribution < -0.4 is 9.64 Å². The number of carbonyl (C=O) groups excluding carboxylic acids is 1. The Morgan fingerprint density at radius 1 is 1.26 bits per heavy atom. The summed E-state index contributed by atoms with van der Waals surface area (Å²) in [5.41, 5.74) is 2.09. The van der Waals surface area contributed by atoms with Crippen LogP contribution in [0.25, 0.3) is 10.2 Å². The number of hydrogen-bond donors (Lipinski definition) is 0. The van der Waals surface area contributed by atoms with Gasteiger partial charge in [0.15, 0.2) is 5.13 Å². The molecule has 0 unspecified atom stereocenters. The summed E-state index contributed by atoms with van der Waals surface area (Å²) < 4.78 is 8.36. The molecule has 4 aromatic rings. The fraction of sp³-hybridized carbons (Fsp3) is 0.227. The molecule has 0 spiro atoms. The molecule has 0 aliphatic heterocycles. The topological polar surface area (TPSA) is 60.2 Å². The number of methoxy groups -OCH3 is 1. The van der Waals surface area contributed by atoms with Gasteiger partial charge in [-0.2, -0.15) is 0 Å². The van der Waals surface area contributed by atoms with E-state index in [2.05, 4.69) is 4.98 Å². The third-order valence-electron chi connectivity index (χ3n) is 4.96. The number of aromatic nitrogens is 3. The van der Waals surface area contributed by atoms with Crippen LogP contribution >= 0.6 is 34.5 Å². The highest BCUT2D eigenvalue weighted by molar-refractivity contribution is 7.22. The standard InChI is InChI=1S/C22H20Cl2N4O2S/c1-14-17(24)5-7-19-20(14)26-22(31-19)28(10-3-9-27-11-8-25-13-27)21(29)16-12-15(23)4-6-18(16)30-2/h4-8,11-13H,3,9-10H2,1-2H3. The Morgan fingerprint density at radius 3 is 2.84 bits per heavy atom. The smallest absolute Gasteiger partial charge is 0.263 e. The lowest BCUT2D eigenvalue weighted by molar-refractivity contribution is 0.0983. The van der Waals surface area contributed by atoms with Crippen molar-refractivity contribution in [2.45, 2.75) is 19.9 Å². The molecule has 0 saturated heterocycles. The lowest BCUT2D eigenvalue weighted by atomic mass is 10.1. The first-order valence-electron chi connectivity index (χ1n) is 9.64. The molecule has 0 aliphatic carbocycles. The second kappa shape index (κ2) is 9.26. The van der Waals surface area contributed by atoms with E-state index >= 15 is 0 Å². The molecular weight excluding hydrogens is 455 g/mol. The first-order chi connectivity index (χ1) is 15.0. The van der Waals surface area contributed by atoms with Crippen molar-refractivity contribution >= 4 is 55.8 Å². The van der Waals surface area contributed by atoms with E-state index in [0.29, 0.717) is 33.0 Å². The number of fused-ring (bicyclic) bond motifs is 1. The van der Waals surface area contributed by atoms with Crippen LogP contribution in [0.15, 0.2) is 49.1 Å². The maximum absolute atomic E-state index is 13.6. The van der Waals surface area contributed by atoms with Crippen LogP contribution in [-0.4, -0.2) is 34.1 Å². The maximum Gasteiger partial charge on any atom is 0.263 e. The van der Waals surface area contributed by atoms with Gasteiger partial charge in [0, 0.05) is 35.5 Å². The lowest BCUT2D eigenvalue weighted by Crippen LogP contribution is -2.32. The van der Waals surface area contributed by atoms with E-state index in [1.54, 1.807) is 35.6 Å². The number of rotatable bonds is 7. The molecule has 160 valence electrons. The Hall–Kier alpha value is -2.61. The Balaban J connectivity index is 1.71. The van der Waals surface area contributed by atoms with Gasteiger partial charge in [0.2, 0.25) is 0 Å². The normalized spacial score (nSPS) is 11.1. The van der Waals surface area contributed by atoms with E-state index in [-0.39, 0.29) is 5.91 Å². The van der Waals surface area contributed by atoms with Crippen LogP contribution in [0.4, 0.5) is 5.13 Å². The third kappa shape index (κ3) is 4.54. The van der Waals surface area contributed by atoms with Crippen molar-refractivity contribution in [3.05, 3.63) is 70.2 Å². The first kappa shape index (κ1) is 21.6. The van der Waals surface area contributed by atoms with Crippen LogP contribution in [0, 0.1) is 6.92 Å². The number of carbonyl (C=O) groups is 1. The summed E-state index contributed by atoms with van der Waals surface area (Å²) in [6.45, 7) is 3.13. The van der Waals surface area contributed by atoms with Crippen molar-refractivity contribution in [3.8, 4) is 5.75 Å². The van der Waals surface area contributed by atoms with Crippen LogP contribution in [-0.2, 0) is 6.54 Å². The van der Waals surface area contributed by atoms with Gasteiger partial charge in [0.05, 0.1) is 29.2 Å². The highest BCUT2D eigenvalue weighted by atomic mass is 35.5. The highest BCUT2D eigenvalue weighted by Gasteiger charge is 2.24. The number of halogens is 2. The van der Waals surface area contributed by atoms with Gasteiger partial charge in [0.1, 0.15) is 5.75 Å². The molecule has 2 aromatic carbocycles. The number of aryl methyl sites for hydroxylation is 2. The minimum atomic E-state index is -0.215. The predicted octanol–water partition coefficient (Wildman–Crippen LogP) is 5.85. The summed E-state index contributed by atoms with van der Waals surface area (Å²) >= 11 is 13.9. The summed E-state index contributed by atoms with van der Waals surface area (Å²) in [6, 6.07) is 8.80. The molecule has 0 aliphatic rings. The van der Waals surface area contributed by atoms with Crippen molar-refractivity contribution in [3.63, 3.8) is 0 Å². The van der Waals surface area contributed by atoms with E-state index in [1.165, 1.54) is 18.4 Å². The van der Waals surface area contributed by atoms with Crippen LogP contribution in [0.2, 0.25) is 10.0 Å². The van der Waals surface area contributed by atoms with Crippen molar-refractivity contribution in [1.29, 1.82) is 0 Å². The minimum absolute atomic E-state index is 0.215. The van der Waals surface area contributed by atoms with E-state index in [4.69, 9.17) is 32.9 Å². The number of imidazole rings is 1. The van der Waals surface area contributed by atoms with Crippen molar-refractivity contribution in [2.24, 2.45) is 0 Å². The van der Waals surface area contributed by atoms with Gasteiger partial charge >= 0.3 is 0 Å². The van der Waals surface area contributed by atoms with E-state index in [1.807, 2.05) is 29.8 Å². The van der Waals surface area contributed by atoms with E-state index < -0.39 is 0 Å². The Kier molecular flexibility index (Phi) is 6.46. The van der Waals surface area contributed by atoms with Gasteiger partial charge in [-0.25, -0.2) is 9.97 Å². The van der Waals surface area contributed by atoms with E-state index in [0.717, 1.165) is 28.7 Å². The molecule has 1 amide bonds. The molecule has 9 heteroatoms. The van der Waals surface area contributed by atoms with Crippen LogP contribution in [0.1, 0.15) is 22.3 Å². The fourth-order valence-corrected chi connectivity index (χ4v) is 4.69. The van der Waals surface area contributed by atoms with Crippen LogP contribution in [0.5, 0.6) is 5.75 Å². The Bertz CT molecular complexity index is 1220. The molecule has 4 rings (SSSR count). The summed E-state index contributed by atoms with van der Waals surface area (Å²) in [6.07, 6.45) is 6.12. The molecule has 0 atom stereocenters. The van der Waals surface area contributed by atoms with Crippen LogP contribution in [0.3, 0.4) is 0 Å². The summed E-state index contributed by atoms with van der Waals surface area (Å²) in [4.78, 5) is 24.1. The number of nitrogens with zero attached hydrogens (tertiary/aromatic N) is 4. The molecule has 0 N–H and O–H groups in total. The second-order valence-electron chi connectivity index (χ2n) is 6.97. The zero-order chi connectivity index (χ0) is 22.0. The molecule has 2 aromatic heterocycles. The molecule has 2 heterocycles. The molecule has 0 saturated carbocycles. The fourth-order valence-electron chi connectivity index (χ4n) is 3.31. The third-order valence-corrected chi connectivity index (χ3v) is 6.65. The number of amides is 1. The molecule has 0 bridgehead atoms. The molecular formula is C22H20Cl2N4O2S. The largest absolute Gasteiger partial charge is 0.496 e. The Morgan fingerprint density at radius 2 is 2.10 bits per heavy atom. The number of benzene rings is 2. The summed E-state index contributed by atoms with van der Waals surface area (Å²) in [7, 11) is 1.53. The zero-order valence-corrected chi connectivity index (χ0v) is 19.3. The average molecular weight is 475 g/mol. The minimum Gasteiger partial charge on any atom is -0.496 e. The predicted molar refractivity (Wildman–Crippen MR) is 126 cm³/mol. The molecule has 31 heavy (non-hydrogen) atoms. The quantitative estimate of drug-likeness (QED) is 0.336. The lowest BCUT2D eigenvalue weighted by Gasteiger charge is -2.21. The highest BCUT2D eigenvalue weighted by Crippen LogP contribution is 2.35. The second-order valence-corrected chi connectivity index (χ2v) is 8.82. The van der Waals surface area contributed by atoms with Gasteiger partial charge in [-0.05, 0) is 49.2 Å². The summed E-state index contributed by atoms with van der Waals surface area (Å²) in [5.74, 6) is 0.252. The number of hydrogen-bond acceptors (Lipinski definition) is 5.